The Labute approximate surface area is 188 Å². The second kappa shape index (κ2) is 12.5. The summed E-state index contributed by atoms with van der Waals surface area (Å²) in [7, 11) is 0. The molecular formula is C25H23NO6. The van der Waals surface area contributed by atoms with Crippen LogP contribution in [0.1, 0.15) is 39.5 Å². The van der Waals surface area contributed by atoms with E-state index in [-0.39, 0.29) is 23.5 Å². The molecule has 0 spiro atoms. The van der Waals surface area contributed by atoms with Gasteiger partial charge in [-0.25, -0.2) is 9.59 Å². The topological polar surface area (TPSA) is 83.1 Å². The molecule has 7 nitrogen and oxygen atoms in total. The van der Waals surface area contributed by atoms with Crippen molar-refractivity contribution in [3.63, 3.8) is 0 Å². The predicted molar refractivity (Wildman–Crippen MR) is 116 cm³/mol. The maximum atomic E-state index is 12.9. The summed E-state index contributed by atoms with van der Waals surface area (Å²) in [5.41, 5.74) is 1.25. The van der Waals surface area contributed by atoms with Gasteiger partial charge in [0.2, 0.25) is 0 Å². The Morgan fingerprint density at radius 1 is 0.969 bits per heavy atom. The van der Waals surface area contributed by atoms with Gasteiger partial charge in [0, 0.05) is 37.1 Å². The van der Waals surface area contributed by atoms with E-state index >= 15 is 0 Å². The van der Waals surface area contributed by atoms with E-state index < -0.39 is 17.9 Å². The fraction of sp³-hybridized carbons (Fsp3) is 0.360. The van der Waals surface area contributed by atoms with Gasteiger partial charge in [-0.1, -0.05) is 11.8 Å². The summed E-state index contributed by atoms with van der Waals surface area (Å²) < 4.78 is 21.3. The molecule has 0 aliphatic carbocycles. The minimum Gasteiger partial charge on any atom is -0.494 e. The van der Waals surface area contributed by atoms with Gasteiger partial charge in [-0.3, -0.25) is 0 Å². The molecule has 0 bridgehead atoms. The Kier molecular flexibility index (Phi) is 9.39. The Balaban J connectivity index is 2.35. The van der Waals surface area contributed by atoms with Crippen LogP contribution >= 0.6 is 0 Å². The van der Waals surface area contributed by atoms with E-state index in [1.807, 2.05) is 0 Å². The van der Waals surface area contributed by atoms with E-state index in [9.17, 15) is 9.59 Å². The Morgan fingerprint density at radius 2 is 1.50 bits per heavy atom. The van der Waals surface area contributed by atoms with E-state index in [0.29, 0.717) is 43.7 Å². The van der Waals surface area contributed by atoms with E-state index in [1.165, 1.54) is 6.26 Å². The average Bonchev–Trinajstić information content (AvgIpc) is 2.78. The lowest BCUT2D eigenvalue weighted by molar-refractivity contribution is -0.134. The van der Waals surface area contributed by atoms with Crippen molar-refractivity contribution in [2.24, 2.45) is 5.92 Å². The minimum atomic E-state index is -0.920. The van der Waals surface area contributed by atoms with Crippen LogP contribution in [0.2, 0.25) is 0 Å². The third-order valence-corrected chi connectivity index (χ3v) is 4.37. The predicted octanol–water partition coefficient (Wildman–Crippen LogP) is 2.48. The van der Waals surface area contributed by atoms with Crippen LogP contribution in [-0.2, 0) is 28.5 Å². The largest absolute Gasteiger partial charge is 0.494 e. The zero-order valence-electron chi connectivity index (χ0n) is 18.0. The fourth-order valence-electron chi connectivity index (χ4n) is 3.00. The molecule has 0 radical (unpaired) electrons. The number of carbonyl (C=O) groups excluding carboxylic acids is 2. The van der Waals surface area contributed by atoms with Crippen LogP contribution in [0, 0.1) is 54.7 Å². The second-order valence-corrected chi connectivity index (χ2v) is 6.62. The Bertz CT molecular complexity index is 984. The van der Waals surface area contributed by atoms with Gasteiger partial charge >= 0.3 is 11.9 Å². The number of carbonyl (C=O) groups is 2. The number of unbranched alkanes of at least 4 members (excludes halogenated alkanes) is 2. The normalized spacial score (nSPS) is 15.1. The first-order chi connectivity index (χ1) is 15.5. The van der Waals surface area contributed by atoms with Crippen molar-refractivity contribution in [2.45, 2.75) is 39.5 Å². The molecule has 2 heterocycles. The maximum Gasteiger partial charge on any atom is 0.350 e. The molecule has 2 aliphatic heterocycles. The quantitative estimate of drug-likeness (QED) is 0.405. The van der Waals surface area contributed by atoms with E-state index in [1.54, 1.807) is 13.8 Å². The lowest BCUT2D eigenvalue weighted by Gasteiger charge is -2.31. The number of nitrogens with one attached hydrogen (secondary N) is 1. The van der Waals surface area contributed by atoms with Gasteiger partial charge in [-0.15, -0.1) is 24.7 Å². The summed E-state index contributed by atoms with van der Waals surface area (Å²) in [5, 5.41) is 3.02. The molecular weight excluding hydrogens is 410 g/mol. The molecule has 2 rings (SSSR count). The van der Waals surface area contributed by atoms with E-state index in [4.69, 9.17) is 31.8 Å². The highest BCUT2D eigenvalue weighted by molar-refractivity contribution is 5.99. The van der Waals surface area contributed by atoms with Gasteiger partial charge in [-0.05, 0) is 13.8 Å². The number of dihydropyridines is 1. The molecule has 164 valence electrons. The number of allylic oxidation sites excluding steroid dienone is 3. The van der Waals surface area contributed by atoms with Crippen LogP contribution in [0.25, 0.3) is 0 Å². The molecule has 0 aromatic carbocycles. The zero-order chi connectivity index (χ0) is 23.3. The number of esters is 2. The van der Waals surface area contributed by atoms with Crippen LogP contribution in [0.3, 0.4) is 0 Å². The fourth-order valence-corrected chi connectivity index (χ4v) is 3.00. The van der Waals surface area contributed by atoms with Gasteiger partial charge in [0.1, 0.15) is 37.4 Å². The molecule has 0 amide bonds. The van der Waals surface area contributed by atoms with Crippen molar-refractivity contribution in [2.75, 3.05) is 13.2 Å². The van der Waals surface area contributed by atoms with Crippen LogP contribution in [0.15, 0.2) is 34.6 Å². The molecule has 32 heavy (non-hydrogen) atoms. The summed E-state index contributed by atoms with van der Waals surface area (Å²) in [5.74, 6) is 8.12. The second-order valence-electron chi connectivity index (χ2n) is 6.62. The molecule has 0 aromatic rings. The van der Waals surface area contributed by atoms with Crippen molar-refractivity contribution in [1.29, 1.82) is 0 Å². The van der Waals surface area contributed by atoms with Crippen molar-refractivity contribution >= 4 is 11.9 Å². The number of hydrogen-bond donors (Lipinski definition) is 1. The number of rotatable bonds is 5. The summed E-state index contributed by atoms with van der Waals surface area (Å²) in [6.07, 6.45) is 18.1. The first-order valence-electron chi connectivity index (χ1n) is 9.89. The minimum absolute atomic E-state index is 0.144. The molecule has 1 N–H and O–H groups in total. The van der Waals surface area contributed by atoms with Crippen LogP contribution < -0.4 is 5.32 Å². The third kappa shape index (κ3) is 6.40. The molecule has 2 aliphatic rings. The van der Waals surface area contributed by atoms with Crippen LogP contribution in [0.4, 0.5) is 0 Å². The molecule has 0 unspecified atom stereocenters. The van der Waals surface area contributed by atoms with Gasteiger partial charge in [0.25, 0.3) is 0 Å². The summed E-state index contributed by atoms with van der Waals surface area (Å²) >= 11 is 0. The molecule has 7 heteroatoms. The summed E-state index contributed by atoms with van der Waals surface area (Å²) in [6, 6.07) is 0. The number of terminal acetylenes is 2. The smallest absolute Gasteiger partial charge is 0.350 e. The number of ether oxygens (including phenoxy) is 4. The first-order valence-corrected chi connectivity index (χ1v) is 9.89. The van der Waals surface area contributed by atoms with Crippen LogP contribution in [-0.4, -0.2) is 25.2 Å². The van der Waals surface area contributed by atoms with Crippen molar-refractivity contribution in [3.8, 4) is 48.7 Å². The first kappa shape index (κ1) is 24.1. The Hall–Kier alpha value is -4.20. The summed E-state index contributed by atoms with van der Waals surface area (Å²) in [6.45, 7) is 3.98. The monoisotopic (exact) mass is 433 g/mol. The highest BCUT2D eigenvalue weighted by atomic mass is 16.6. The highest BCUT2D eigenvalue weighted by Crippen LogP contribution is 2.37. The summed E-state index contributed by atoms with van der Waals surface area (Å²) in [4.78, 5) is 25.8. The van der Waals surface area contributed by atoms with E-state index in [0.717, 1.165) is 0 Å². The third-order valence-electron chi connectivity index (χ3n) is 4.37. The van der Waals surface area contributed by atoms with Gasteiger partial charge in [-0.2, -0.15) is 0 Å². The molecule has 0 saturated heterocycles. The Morgan fingerprint density at radius 3 is 1.94 bits per heavy atom. The maximum absolute atomic E-state index is 12.9. The van der Waals surface area contributed by atoms with Gasteiger partial charge < -0.3 is 24.3 Å². The van der Waals surface area contributed by atoms with Crippen molar-refractivity contribution in [3.05, 3.63) is 34.6 Å². The standard InChI is InChI=1S/C25H23NO6/c1-5-7-9-11-13-31-24(27)21-18(3)26-19(4)22(23(21)20-17-29-15-16-30-20)25(28)32-14-12-10-8-6-2/h1-2,17,23,26H,7-10,15-16H2,3-4H3. The molecule has 0 saturated carbocycles. The SMILES string of the molecule is C#CCCC#COC(=O)C1=C(C)NC(C)=C(C(=O)OC#CCCC#C)C1C1=COCCO1. The molecule has 0 aromatic heterocycles. The van der Waals surface area contributed by atoms with Gasteiger partial charge in [0.15, 0.2) is 0 Å². The molecule has 0 atom stereocenters. The lowest BCUT2D eigenvalue weighted by atomic mass is 9.84. The number of hydrogen-bond acceptors (Lipinski definition) is 7. The van der Waals surface area contributed by atoms with Crippen molar-refractivity contribution < 1.29 is 28.5 Å². The zero-order valence-corrected chi connectivity index (χ0v) is 18.0. The van der Waals surface area contributed by atoms with E-state index in [2.05, 4.69) is 41.2 Å². The van der Waals surface area contributed by atoms with Crippen molar-refractivity contribution in [1.82, 2.24) is 5.32 Å². The average molecular weight is 433 g/mol. The van der Waals surface area contributed by atoms with Crippen LogP contribution in [0.5, 0.6) is 0 Å². The lowest BCUT2D eigenvalue weighted by Crippen LogP contribution is -2.35. The van der Waals surface area contributed by atoms with Gasteiger partial charge in [0.05, 0.1) is 17.1 Å². The molecule has 0 fully saturated rings. The highest BCUT2D eigenvalue weighted by Gasteiger charge is 2.41.